The first-order valence-corrected chi connectivity index (χ1v) is 10.7. The lowest BCUT2D eigenvalue weighted by molar-refractivity contribution is -0.142. The summed E-state index contributed by atoms with van der Waals surface area (Å²) < 4.78 is 29.8. The van der Waals surface area contributed by atoms with Crippen molar-refractivity contribution in [3.05, 3.63) is 35.9 Å². The van der Waals surface area contributed by atoms with Crippen LogP contribution in [-0.2, 0) is 16.6 Å². The maximum Gasteiger partial charge on any atom is 0.243 e. The molecule has 9 nitrogen and oxygen atoms in total. The topological polar surface area (TPSA) is 112 Å². The van der Waals surface area contributed by atoms with Crippen LogP contribution in [0.2, 0.25) is 0 Å². The van der Waals surface area contributed by atoms with Crippen molar-refractivity contribution >= 4 is 11.8 Å². The second-order valence-corrected chi connectivity index (χ2v) is 8.85. The number of carbonyl (C=O) groups excluding carboxylic acids is 2. The minimum atomic E-state index is -1.85. The average Bonchev–Trinajstić information content (AvgIpc) is 3.29. The Bertz CT molecular complexity index is 985. The second kappa shape index (κ2) is 9.52. The molecule has 3 heterocycles. The van der Waals surface area contributed by atoms with Crippen molar-refractivity contribution < 1.29 is 23.5 Å². The van der Waals surface area contributed by atoms with E-state index >= 15 is 0 Å². The first-order chi connectivity index (χ1) is 15.4. The fraction of sp³-hybridized carbons (Fsp3) is 0.545. The molecule has 2 amide bonds. The van der Waals surface area contributed by atoms with Crippen molar-refractivity contribution in [3.63, 3.8) is 0 Å². The molecule has 11 heteroatoms. The molecule has 3 rings (SSSR count). The second-order valence-electron chi connectivity index (χ2n) is 8.85. The van der Waals surface area contributed by atoms with Gasteiger partial charge in [-0.1, -0.05) is 6.07 Å². The van der Waals surface area contributed by atoms with Crippen molar-refractivity contribution in [1.29, 1.82) is 0 Å². The summed E-state index contributed by atoms with van der Waals surface area (Å²) in [6.07, 6.45) is 1.82. The molecule has 1 saturated heterocycles. The van der Waals surface area contributed by atoms with Crippen LogP contribution in [0.15, 0.2) is 24.5 Å². The molecule has 0 bridgehead atoms. The Morgan fingerprint density at radius 3 is 2.52 bits per heavy atom. The molecule has 2 unspecified atom stereocenters. The molecule has 33 heavy (non-hydrogen) atoms. The van der Waals surface area contributed by atoms with Gasteiger partial charge in [-0.25, -0.2) is 8.78 Å². The van der Waals surface area contributed by atoms with Crippen LogP contribution in [0, 0.1) is 5.82 Å². The molecule has 2 aromatic rings. The lowest BCUT2D eigenvalue weighted by Crippen LogP contribution is -2.57. The van der Waals surface area contributed by atoms with Gasteiger partial charge in [0.05, 0.1) is 24.0 Å². The van der Waals surface area contributed by atoms with E-state index in [-0.39, 0.29) is 18.7 Å². The van der Waals surface area contributed by atoms with Gasteiger partial charge in [-0.3, -0.25) is 19.3 Å². The van der Waals surface area contributed by atoms with E-state index in [1.54, 1.807) is 26.1 Å². The number of likely N-dealkylation sites (tertiary alicyclic amines) is 1. The number of halogens is 2. The van der Waals surface area contributed by atoms with E-state index in [1.165, 1.54) is 36.7 Å². The Labute approximate surface area is 191 Å². The highest BCUT2D eigenvalue weighted by atomic mass is 19.1. The molecule has 180 valence electrons. The maximum absolute atomic E-state index is 14.5. The highest BCUT2D eigenvalue weighted by Crippen LogP contribution is 2.25. The van der Waals surface area contributed by atoms with Gasteiger partial charge in [0.1, 0.15) is 23.4 Å². The molecule has 0 saturated carbocycles. The molecule has 1 fully saturated rings. The molecule has 2 aromatic heterocycles. The minimum Gasteiger partial charge on any atom is -0.391 e. The molecule has 1 aliphatic rings. The van der Waals surface area contributed by atoms with E-state index < -0.39 is 47.5 Å². The van der Waals surface area contributed by atoms with Gasteiger partial charge in [0.2, 0.25) is 11.8 Å². The summed E-state index contributed by atoms with van der Waals surface area (Å²) in [4.78, 5) is 31.4. The molecule has 0 spiro atoms. The standard InChI is InChI=1S/C22H30F2N6O3/c1-12(13-6-7-16(26-9-13)18-15(23)10-27-29(18)5)28-20(32)17-8-14(31)11-30(17)21(33)19(25-4)22(2,3)24/h6-7,9-10,12,14,17,19,25,31H,8,11H2,1-5H3,(H,28,32)/t12?,14-,17+,19?/m1/s1. The van der Waals surface area contributed by atoms with Gasteiger partial charge in [-0.2, -0.15) is 5.10 Å². The number of aryl methyl sites for hydroxylation is 1. The quantitative estimate of drug-likeness (QED) is 0.566. The Balaban J connectivity index is 1.72. The predicted octanol–water partition coefficient (Wildman–Crippen LogP) is 1.10. The first kappa shape index (κ1) is 24.7. The first-order valence-electron chi connectivity index (χ1n) is 10.7. The summed E-state index contributed by atoms with van der Waals surface area (Å²) in [6, 6.07) is 0.800. The largest absolute Gasteiger partial charge is 0.391 e. The summed E-state index contributed by atoms with van der Waals surface area (Å²) in [5.74, 6) is -1.53. The molecule has 1 aliphatic heterocycles. The molecule has 0 aliphatic carbocycles. The van der Waals surface area contributed by atoms with Crippen molar-refractivity contribution in [1.82, 2.24) is 30.3 Å². The summed E-state index contributed by atoms with van der Waals surface area (Å²) in [7, 11) is 3.09. The number of rotatable bonds is 7. The van der Waals surface area contributed by atoms with Gasteiger partial charge in [-0.15, -0.1) is 0 Å². The lowest BCUT2D eigenvalue weighted by Gasteiger charge is -2.32. The highest BCUT2D eigenvalue weighted by Gasteiger charge is 2.45. The van der Waals surface area contributed by atoms with Crippen LogP contribution in [0.4, 0.5) is 8.78 Å². The van der Waals surface area contributed by atoms with E-state index in [4.69, 9.17) is 0 Å². The maximum atomic E-state index is 14.5. The van der Waals surface area contributed by atoms with Gasteiger partial charge in [0.25, 0.3) is 0 Å². The summed E-state index contributed by atoms with van der Waals surface area (Å²) >= 11 is 0. The third-order valence-electron chi connectivity index (χ3n) is 5.87. The van der Waals surface area contributed by atoms with E-state index in [1.807, 2.05) is 0 Å². The van der Waals surface area contributed by atoms with Crippen LogP contribution in [0.25, 0.3) is 11.4 Å². The number of carbonyl (C=O) groups is 2. The zero-order chi connectivity index (χ0) is 24.5. The van der Waals surface area contributed by atoms with Crippen LogP contribution < -0.4 is 10.6 Å². The van der Waals surface area contributed by atoms with Gasteiger partial charge in [0.15, 0.2) is 5.82 Å². The van der Waals surface area contributed by atoms with Crippen molar-refractivity contribution in [3.8, 4) is 11.4 Å². The predicted molar refractivity (Wildman–Crippen MR) is 117 cm³/mol. The van der Waals surface area contributed by atoms with E-state index in [2.05, 4.69) is 20.7 Å². The third-order valence-corrected chi connectivity index (χ3v) is 5.87. The van der Waals surface area contributed by atoms with Crippen LogP contribution in [-0.4, -0.2) is 74.0 Å². The Morgan fingerprint density at radius 2 is 2.00 bits per heavy atom. The fourth-order valence-corrected chi connectivity index (χ4v) is 4.13. The Morgan fingerprint density at radius 1 is 1.30 bits per heavy atom. The summed E-state index contributed by atoms with van der Waals surface area (Å²) in [5.41, 5.74) is -0.530. The average molecular weight is 465 g/mol. The number of β-amino-alcohol motifs (C(OH)–C–C–N with tert-alkyl or cyclic N) is 1. The number of aliphatic hydroxyl groups excluding tert-OH is 1. The van der Waals surface area contributed by atoms with Crippen LogP contribution in [0.3, 0.4) is 0 Å². The molecular weight excluding hydrogens is 434 g/mol. The van der Waals surface area contributed by atoms with Crippen LogP contribution in [0.5, 0.6) is 0 Å². The number of aromatic nitrogens is 3. The van der Waals surface area contributed by atoms with Crippen molar-refractivity contribution in [2.45, 2.75) is 57.1 Å². The Kier molecular flexibility index (Phi) is 7.13. The van der Waals surface area contributed by atoms with Gasteiger partial charge in [-0.05, 0) is 39.4 Å². The lowest BCUT2D eigenvalue weighted by atomic mass is 9.99. The summed E-state index contributed by atoms with van der Waals surface area (Å²) in [6.45, 7) is 4.26. The Hall–Kier alpha value is -2.92. The number of nitrogens with one attached hydrogen (secondary N) is 2. The summed E-state index contributed by atoms with van der Waals surface area (Å²) in [5, 5.41) is 19.5. The van der Waals surface area contributed by atoms with Crippen molar-refractivity contribution in [2.24, 2.45) is 7.05 Å². The van der Waals surface area contributed by atoms with Crippen LogP contribution >= 0.6 is 0 Å². The van der Waals surface area contributed by atoms with E-state index in [9.17, 15) is 23.5 Å². The molecule has 4 atom stereocenters. The SMILES string of the molecule is CNC(C(=O)N1C[C@H](O)C[C@H]1C(=O)NC(C)c1ccc(-c2c(F)cnn2C)nc1)C(C)(C)F. The van der Waals surface area contributed by atoms with E-state index in [0.29, 0.717) is 11.3 Å². The van der Waals surface area contributed by atoms with Gasteiger partial charge < -0.3 is 20.6 Å². The number of likely N-dealkylation sites (N-methyl/N-ethyl adjacent to an activating group) is 1. The van der Waals surface area contributed by atoms with E-state index in [0.717, 1.165) is 6.20 Å². The zero-order valence-corrected chi connectivity index (χ0v) is 19.3. The minimum absolute atomic E-state index is 0.0495. The molecule has 0 radical (unpaired) electrons. The number of hydrogen-bond donors (Lipinski definition) is 3. The molecule has 0 aromatic carbocycles. The third kappa shape index (κ3) is 5.19. The number of hydrogen-bond acceptors (Lipinski definition) is 6. The number of alkyl halides is 1. The number of aliphatic hydroxyl groups is 1. The number of amides is 2. The molecular formula is C22H30F2N6O3. The van der Waals surface area contributed by atoms with Crippen LogP contribution in [0.1, 0.15) is 38.8 Å². The van der Waals surface area contributed by atoms with Crippen molar-refractivity contribution in [2.75, 3.05) is 13.6 Å². The van der Waals surface area contributed by atoms with Gasteiger partial charge in [0, 0.05) is 26.2 Å². The zero-order valence-electron chi connectivity index (χ0n) is 19.3. The number of pyridine rings is 1. The van der Waals surface area contributed by atoms with Gasteiger partial charge >= 0.3 is 0 Å². The monoisotopic (exact) mass is 464 g/mol. The normalized spacial score (nSPS) is 20.5. The highest BCUT2D eigenvalue weighted by molar-refractivity contribution is 5.91. The number of nitrogens with zero attached hydrogens (tertiary/aromatic N) is 4. The molecule has 3 N–H and O–H groups in total. The smallest absolute Gasteiger partial charge is 0.243 e. The fourth-order valence-electron chi connectivity index (χ4n) is 4.13.